The molecule has 0 bridgehead atoms. The Bertz CT molecular complexity index is 478. The number of hydrogen-bond donors (Lipinski definition) is 0. The quantitative estimate of drug-likeness (QED) is 0.802. The molecule has 0 saturated heterocycles. The lowest BCUT2D eigenvalue weighted by atomic mass is 9.94. The minimum absolute atomic E-state index is 0.265. The minimum Gasteiger partial charge on any atom is -0.198 e. The van der Waals surface area contributed by atoms with Crippen molar-refractivity contribution in [3.63, 3.8) is 0 Å². The van der Waals surface area contributed by atoms with Crippen LogP contribution < -0.4 is 0 Å². The number of hydrogen-bond acceptors (Lipinski definition) is 2. The van der Waals surface area contributed by atoms with E-state index in [2.05, 4.69) is 12.1 Å². The topological polar surface area (TPSA) is 47.6 Å². The number of aryl methyl sites for hydroxylation is 2. The first kappa shape index (κ1) is 12.6. The van der Waals surface area contributed by atoms with Crippen LogP contribution in [0.1, 0.15) is 36.1 Å². The third-order valence-corrected chi connectivity index (χ3v) is 3.09. The van der Waals surface area contributed by atoms with Crippen molar-refractivity contribution in [2.75, 3.05) is 0 Å². The molecule has 0 aliphatic heterocycles. The summed E-state index contributed by atoms with van der Waals surface area (Å²) >= 11 is 6.18. The Morgan fingerprint density at radius 3 is 2.25 bits per heavy atom. The van der Waals surface area contributed by atoms with Gasteiger partial charge in [0.05, 0.1) is 23.1 Å². The molecule has 1 rings (SSSR count). The van der Waals surface area contributed by atoms with Crippen molar-refractivity contribution in [1.29, 1.82) is 10.5 Å². The van der Waals surface area contributed by atoms with Crippen LogP contribution in [0, 0.1) is 22.7 Å². The van der Waals surface area contributed by atoms with E-state index in [1.807, 2.05) is 19.9 Å². The molecule has 0 radical (unpaired) electrons. The van der Waals surface area contributed by atoms with E-state index in [-0.39, 0.29) is 6.42 Å². The highest BCUT2D eigenvalue weighted by Crippen LogP contribution is 2.29. The maximum atomic E-state index is 9.07. The molecule has 0 aliphatic carbocycles. The van der Waals surface area contributed by atoms with Gasteiger partial charge in [0.1, 0.15) is 6.07 Å². The predicted molar refractivity (Wildman–Crippen MR) is 64.2 cm³/mol. The minimum atomic E-state index is 0.265. The molecule has 16 heavy (non-hydrogen) atoms. The molecular weight excluding hydrogens is 220 g/mol. The first-order chi connectivity index (χ1) is 7.69. The summed E-state index contributed by atoms with van der Waals surface area (Å²) in [6, 6.07) is 6.22. The largest absolute Gasteiger partial charge is 0.198 e. The Morgan fingerprint density at radius 1 is 1.19 bits per heavy atom. The molecule has 1 aromatic carbocycles. The normalized spacial score (nSPS) is 9.56. The Balaban J connectivity index is 3.51. The average molecular weight is 233 g/mol. The van der Waals surface area contributed by atoms with Gasteiger partial charge in [-0.15, -0.1) is 0 Å². The first-order valence-corrected chi connectivity index (χ1v) is 5.67. The fraction of sp³-hybridized carbons (Fsp3) is 0.385. The van der Waals surface area contributed by atoms with Gasteiger partial charge in [0.2, 0.25) is 0 Å². The lowest BCUT2D eigenvalue weighted by molar-refractivity contribution is 1.04. The Kier molecular flexibility index (Phi) is 4.35. The van der Waals surface area contributed by atoms with Gasteiger partial charge in [-0.1, -0.05) is 31.5 Å². The van der Waals surface area contributed by atoms with Gasteiger partial charge in [-0.05, 0) is 29.5 Å². The molecule has 0 saturated carbocycles. The van der Waals surface area contributed by atoms with Crippen LogP contribution in [0.25, 0.3) is 0 Å². The second-order valence-corrected chi connectivity index (χ2v) is 3.89. The summed E-state index contributed by atoms with van der Waals surface area (Å²) in [4.78, 5) is 0. The van der Waals surface area contributed by atoms with Crippen LogP contribution in [0.15, 0.2) is 6.07 Å². The molecule has 0 unspecified atom stereocenters. The van der Waals surface area contributed by atoms with Gasteiger partial charge >= 0.3 is 0 Å². The Morgan fingerprint density at radius 2 is 1.81 bits per heavy atom. The van der Waals surface area contributed by atoms with Crippen molar-refractivity contribution < 1.29 is 0 Å². The van der Waals surface area contributed by atoms with E-state index in [0.29, 0.717) is 10.6 Å². The maximum Gasteiger partial charge on any atom is 0.101 e. The number of benzene rings is 1. The molecule has 82 valence electrons. The van der Waals surface area contributed by atoms with E-state index < -0.39 is 0 Å². The van der Waals surface area contributed by atoms with Crippen molar-refractivity contribution in [2.45, 2.75) is 33.1 Å². The molecule has 0 atom stereocenters. The van der Waals surface area contributed by atoms with E-state index in [9.17, 15) is 0 Å². The third-order valence-electron chi connectivity index (χ3n) is 2.67. The van der Waals surface area contributed by atoms with E-state index in [4.69, 9.17) is 22.1 Å². The fourth-order valence-electron chi connectivity index (χ4n) is 1.79. The third kappa shape index (κ3) is 2.18. The van der Waals surface area contributed by atoms with E-state index in [1.54, 1.807) is 0 Å². The number of nitrogens with zero attached hydrogens (tertiary/aromatic N) is 2. The van der Waals surface area contributed by atoms with Gasteiger partial charge in [0, 0.05) is 0 Å². The summed E-state index contributed by atoms with van der Waals surface area (Å²) in [5.74, 6) is 0. The lowest BCUT2D eigenvalue weighted by Gasteiger charge is -2.12. The molecular formula is C13H13ClN2. The van der Waals surface area contributed by atoms with Gasteiger partial charge in [-0.25, -0.2) is 0 Å². The zero-order valence-electron chi connectivity index (χ0n) is 9.47. The van der Waals surface area contributed by atoms with Crippen LogP contribution in [0.3, 0.4) is 0 Å². The SMILES string of the molecule is CCc1cc(CC)c(CC#N)c(Cl)c1C#N. The number of nitriles is 2. The van der Waals surface area contributed by atoms with Gasteiger partial charge in [-0.2, -0.15) is 10.5 Å². The highest BCUT2D eigenvalue weighted by atomic mass is 35.5. The van der Waals surface area contributed by atoms with Crippen LogP contribution in [0.5, 0.6) is 0 Å². The zero-order valence-corrected chi connectivity index (χ0v) is 10.2. The van der Waals surface area contributed by atoms with Crippen LogP contribution in [0.2, 0.25) is 5.02 Å². The van der Waals surface area contributed by atoms with E-state index >= 15 is 0 Å². The standard InChI is InChI=1S/C13H13ClN2/c1-3-9-7-10(4-2)12(8-16)13(14)11(9)5-6-15/h7H,3-5H2,1-2H3. The average Bonchev–Trinajstić information content (AvgIpc) is 2.31. The van der Waals surface area contributed by atoms with E-state index in [1.165, 1.54) is 0 Å². The lowest BCUT2D eigenvalue weighted by Crippen LogP contribution is -2.00. The molecule has 1 aromatic rings. The van der Waals surface area contributed by atoms with Crippen molar-refractivity contribution in [3.8, 4) is 12.1 Å². The van der Waals surface area contributed by atoms with Crippen molar-refractivity contribution >= 4 is 11.6 Å². The summed E-state index contributed by atoms with van der Waals surface area (Å²) < 4.78 is 0. The summed E-state index contributed by atoms with van der Waals surface area (Å²) in [6.45, 7) is 4.02. The number of halogens is 1. The van der Waals surface area contributed by atoms with Crippen LogP contribution in [0.4, 0.5) is 0 Å². The second kappa shape index (κ2) is 5.54. The van der Waals surface area contributed by atoms with Gasteiger partial charge in [0.15, 0.2) is 0 Å². The van der Waals surface area contributed by atoms with E-state index in [0.717, 1.165) is 29.5 Å². The molecule has 0 spiro atoms. The molecule has 0 N–H and O–H groups in total. The summed E-state index contributed by atoms with van der Waals surface area (Å²) in [5, 5.41) is 18.3. The zero-order chi connectivity index (χ0) is 12.1. The second-order valence-electron chi connectivity index (χ2n) is 3.52. The molecule has 0 aliphatic rings. The van der Waals surface area contributed by atoms with Crippen LogP contribution in [-0.4, -0.2) is 0 Å². The van der Waals surface area contributed by atoms with Crippen LogP contribution >= 0.6 is 11.6 Å². The molecule has 2 nitrogen and oxygen atoms in total. The van der Waals surface area contributed by atoms with Crippen LogP contribution in [-0.2, 0) is 19.3 Å². The molecule has 0 heterocycles. The molecule has 0 amide bonds. The highest BCUT2D eigenvalue weighted by Gasteiger charge is 2.14. The number of rotatable bonds is 3. The van der Waals surface area contributed by atoms with Crippen molar-refractivity contribution in [3.05, 3.63) is 33.3 Å². The Hall–Kier alpha value is -1.51. The monoisotopic (exact) mass is 232 g/mol. The fourth-order valence-corrected chi connectivity index (χ4v) is 2.14. The van der Waals surface area contributed by atoms with Gasteiger partial charge in [0.25, 0.3) is 0 Å². The summed E-state index contributed by atoms with van der Waals surface area (Å²) in [6.07, 6.45) is 1.87. The first-order valence-electron chi connectivity index (χ1n) is 5.29. The van der Waals surface area contributed by atoms with Gasteiger partial charge in [-0.3, -0.25) is 0 Å². The smallest absolute Gasteiger partial charge is 0.101 e. The molecule has 0 fully saturated rings. The highest BCUT2D eigenvalue weighted by molar-refractivity contribution is 6.32. The summed E-state index contributed by atoms with van der Waals surface area (Å²) in [5.41, 5.74) is 3.36. The maximum absolute atomic E-state index is 9.07. The molecule has 3 heteroatoms. The molecule has 0 aromatic heterocycles. The Labute approximate surface area is 101 Å². The van der Waals surface area contributed by atoms with Crippen molar-refractivity contribution in [1.82, 2.24) is 0 Å². The van der Waals surface area contributed by atoms with Crippen molar-refractivity contribution in [2.24, 2.45) is 0 Å². The predicted octanol–water partition coefficient (Wildman–Crippen LogP) is 3.40. The summed E-state index contributed by atoms with van der Waals surface area (Å²) in [7, 11) is 0. The van der Waals surface area contributed by atoms with Gasteiger partial charge < -0.3 is 0 Å².